The molecule has 3 aromatic rings. The molecule has 0 aliphatic carbocycles. The van der Waals surface area contributed by atoms with Crippen molar-refractivity contribution in [1.29, 1.82) is 5.26 Å². The average molecular weight is 452 g/mol. The van der Waals surface area contributed by atoms with E-state index in [4.69, 9.17) is 21.6 Å². The molecular formula is C19H13ClF3N5O3. The number of aromatic amines is 1. The van der Waals surface area contributed by atoms with Crippen LogP contribution >= 0.6 is 11.6 Å². The van der Waals surface area contributed by atoms with Crippen molar-refractivity contribution in [3.05, 3.63) is 79.1 Å². The van der Waals surface area contributed by atoms with Gasteiger partial charge in [-0.3, -0.25) is 14.2 Å². The molecule has 12 heteroatoms. The molecule has 160 valence electrons. The van der Waals surface area contributed by atoms with Crippen molar-refractivity contribution in [3.63, 3.8) is 0 Å². The molecule has 31 heavy (non-hydrogen) atoms. The normalized spacial score (nSPS) is 11.2. The number of ether oxygens (including phenoxy) is 1. The van der Waals surface area contributed by atoms with Gasteiger partial charge in [0.05, 0.1) is 30.1 Å². The lowest BCUT2D eigenvalue weighted by molar-refractivity contribution is -0.142. The van der Waals surface area contributed by atoms with Crippen LogP contribution in [0, 0.1) is 11.3 Å². The first kappa shape index (κ1) is 22.0. The number of H-pyrrole nitrogens is 1. The highest BCUT2D eigenvalue weighted by atomic mass is 35.5. The largest absolute Gasteiger partial charge is 0.449 e. The predicted octanol–water partition coefficient (Wildman–Crippen LogP) is 3.27. The average Bonchev–Trinajstić information content (AvgIpc) is 2.70. The number of aromatic nitrogens is 4. The number of nitrogens with zero attached hydrogens (tertiary/aromatic N) is 4. The summed E-state index contributed by atoms with van der Waals surface area (Å²) >= 11 is 5.85. The van der Waals surface area contributed by atoms with Crippen molar-refractivity contribution >= 4 is 11.6 Å². The maximum atomic E-state index is 13.4. The molecule has 0 aliphatic heterocycles. The summed E-state index contributed by atoms with van der Waals surface area (Å²) < 4.78 is 46.3. The van der Waals surface area contributed by atoms with Gasteiger partial charge in [0.15, 0.2) is 5.69 Å². The fourth-order valence-corrected chi connectivity index (χ4v) is 2.84. The molecule has 1 N–H and O–H groups in total. The van der Waals surface area contributed by atoms with E-state index in [0.29, 0.717) is 18.6 Å². The van der Waals surface area contributed by atoms with Crippen LogP contribution in [0.15, 0.2) is 40.3 Å². The number of alkyl halides is 3. The Morgan fingerprint density at radius 3 is 2.61 bits per heavy atom. The van der Waals surface area contributed by atoms with Gasteiger partial charge < -0.3 is 9.72 Å². The molecule has 0 amide bonds. The quantitative estimate of drug-likeness (QED) is 0.637. The third-order valence-electron chi connectivity index (χ3n) is 4.09. The van der Waals surface area contributed by atoms with Crippen LogP contribution in [0.3, 0.4) is 0 Å². The van der Waals surface area contributed by atoms with Gasteiger partial charge in [-0.05, 0) is 18.2 Å². The molecule has 0 saturated carbocycles. The van der Waals surface area contributed by atoms with Crippen LogP contribution in [0.1, 0.15) is 29.6 Å². The van der Waals surface area contributed by atoms with E-state index in [1.165, 1.54) is 12.3 Å². The highest BCUT2D eigenvalue weighted by Crippen LogP contribution is 2.35. The number of benzene rings is 1. The van der Waals surface area contributed by atoms with Gasteiger partial charge in [-0.1, -0.05) is 18.5 Å². The first-order chi connectivity index (χ1) is 14.6. The van der Waals surface area contributed by atoms with Gasteiger partial charge in [-0.2, -0.15) is 18.4 Å². The van der Waals surface area contributed by atoms with Crippen molar-refractivity contribution in [1.82, 2.24) is 19.5 Å². The van der Waals surface area contributed by atoms with Crippen LogP contribution in [0.4, 0.5) is 13.2 Å². The van der Waals surface area contributed by atoms with E-state index in [1.54, 1.807) is 13.0 Å². The van der Waals surface area contributed by atoms with Crippen molar-refractivity contribution in [2.45, 2.75) is 26.1 Å². The zero-order chi connectivity index (χ0) is 22.8. The minimum atomic E-state index is -4.99. The Morgan fingerprint density at radius 1 is 1.26 bits per heavy atom. The minimum absolute atomic E-state index is 0.0221. The Bertz CT molecular complexity index is 1290. The lowest BCUT2D eigenvalue weighted by atomic mass is 10.2. The molecule has 0 saturated heterocycles. The van der Waals surface area contributed by atoms with Crippen LogP contribution in [0.5, 0.6) is 11.5 Å². The molecule has 0 aliphatic rings. The fraction of sp³-hybridized carbons (Fsp3) is 0.211. The molecule has 3 rings (SSSR count). The maximum absolute atomic E-state index is 13.4. The highest BCUT2D eigenvalue weighted by molar-refractivity contribution is 6.30. The molecule has 0 fully saturated rings. The lowest BCUT2D eigenvalue weighted by Gasteiger charge is -2.14. The zero-order valence-electron chi connectivity index (χ0n) is 15.8. The fourth-order valence-electron chi connectivity index (χ4n) is 2.61. The van der Waals surface area contributed by atoms with E-state index >= 15 is 0 Å². The smallest absolute Gasteiger partial charge is 0.437 e. The second kappa shape index (κ2) is 8.61. The Kier molecular flexibility index (Phi) is 6.12. The van der Waals surface area contributed by atoms with E-state index in [2.05, 4.69) is 15.0 Å². The number of nitriles is 1. The predicted molar refractivity (Wildman–Crippen MR) is 103 cm³/mol. The van der Waals surface area contributed by atoms with Gasteiger partial charge in [0.1, 0.15) is 11.6 Å². The van der Waals surface area contributed by atoms with E-state index in [-0.39, 0.29) is 28.4 Å². The Labute approximate surface area is 177 Å². The molecule has 2 aromatic heterocycles. The minimum Gasteiger partial charge on any atom is -0.449 e. The monoisotopic (exact) mass is 451 g/mol. The molecule has 0 atom stereocenters. The third kappa shape index (κ3) is 4.92. The second-order valence-corrected chi connectivity index (χ2v) is 6.72. The summed E-state index contributed by atoms with van der Waals surface area (Å²) in [4.78, 5) is 34.8. The second-order valence-electron chi connectivity index (χ2n) is 6.28. The number of hydrogen-bond acceptors (Lipinski definition) is 6. The maximum Gasteiger partial charge on any atom is 0.437 e. The van der Waals surface area contributed by atoms with Crippen LogP contribution < -0.4 is 15.9 Å². The van der Waals surface area contributed by atoms with Crippen LogP contribution in [-0.4, -0.2) is 19.5 Å². The lowest BCUT2D eigenvalue weighted by Crippen LogP contribution is -2.29. The molecule has 1 aromatic carbocycles. The van der Waals surface area contributed by atoms with Gasteiger partial charge in [0, 0.05) is 17.6 Å². The van der Waals surface area contributed by atoms with Crippen LogP contribution in [0.25, 0.3) is 0 Å². The Hall–Kier alpha value is -3.65. The van der Waals surface area contributed by atoms with Crippen molar-refractivity contribution in [2.75, 3.05) is 0 Å². The summed E-state index contributed by atoms with van der Waals surface area (Å²) in [5.74, 6) is -0.946. The van der Waals surface area contributed by atoms with Gasteiger partial charge in [-0.15, -0.1) is 0 Å². The Balaban J connectivity index is 2.09. The van der Waals surface area contributed by atoms with Gasteiger partial charge in [-0.25, -0.2) is 9.97 Å². The molecular weight excluding hydrogens is 439 g/mol. The SMILES string of the molecule is CCc1ncc(Cn2cnc(C(F)(F)F)c(Oc3cc(Cl)cc(C#N)c3)c2=O)c(=O)[nH]1. The van der Waals surface area contributed by atoms with Crippen molar-refractivity contribution in [3.8, 4) is 17.6 Å². The molecule has 0 unspecified atom stereocenters. The Morgan fingerprint density at radius 2 is 2.00 bits per heavy atom. The highest BCUT2D eigenvalue weighted by Gasteiger charge is 2.38. The summed E-state index contributed by atoms with van der Waals surface area (Å²) in [6.45, 7) is 1.39. The van der Waals surface area contributed by atoms with Crippen molar-refractivity contribution in [2.24, 2.45) is 0 Å². The van der Waals surface area contributed by atoms with Crippen LogP contribution in [-0.2, 0) is 19.1 Å². The van der Waals surface area contributed by atoms with Gasteiger partial charge >= 0.3 is 6.18 Å². The summed E-state index contributed by atoms with van der Waals surface area (Å²) in [5.41, 5.74) is -3.20. The number of halogens is 4. The third-order valence-corrected chi connectivity index (χ3v) is 4.30. The van der Waals surface area contributed by atoms with Gasteiger partial charge in [0.25, 0.3) is 11.1 Å². The summed E-state index contributed by atoms with van der Waals surface area (Å²) in [7, 11) is 0. The molecule has 0 bridgehead atoms. The van der Waals surface area contributed by atoms with Gasteiger partial charge in [0.2, 0.25) is 5.75 Å². The number of rotatable bonds is 5. The topological polar surface area (TPSA) is 114 Å². The number of hydrogen-bond donors (Lipinski definition) is 1. The molecule has 0 spiro atoms. The van der Waals surface area contributed by atoms with Crippen molar-refractivity contribution < 1.29 is 17.9 Å². The first-order valence-corrected chi connectivity index (χ1v) is 9.12. The molecule has 0 radical (unpaired) electrons. The molecule has 2 heterocycles. The summed E-state index contributed by atoms with van der Waals surface area (Å²) in [6.07, 6.45) is -2.62. The van der Waals surface area contributed by atoms with E-state index in [9.17, 15) is 22.8 Å². The van der Waals surface area contributed by atoms with Crippen LogP contribution in [0.2, 0.25) is 5.02 Å². The van der Waals surface area contributed by atoms with E-state index in [0.717, 1.165) is 16.7 Å². The molecule has 8 nitrogen and oxygen atoms in total. The standard InChI is InChI=1S/C19H13ClF3N5O3/c1-2-14-25-7-11(17(29)27-14)8-28-9-26-16(19(21,22)23)15(18(28)30)31-13-4-10(6-24)3-12(20)5-13/h3-5,7,9H,2,8H2,1H3,(H,25,27,29). The van der Waals surface area contributed by atoms with E-state index < -0.39 is 28.7 Å². The summed E-state index contributed by atoms with van der Waals surface area (Å²) in [5, 5.41) is 9.03. The van der Waals surface area contributed by atoms with E-state index in [1.807, 2.05) is 0 Å². The zero-order valence-corrected chi connectivity index (χ0v) is 16.6. The number of aryl methyl sites for hydroxylation is 1. The first-order valence-electron chi connectivity index (χ1n) is 8.74. The number of nitrogens with one attached hydrogen (secondary N) is 1. The summed E-state index contributed by atoms with van der Waals surface area (Å²) in [6, 6.07) is 5.34.